The van der Waals surface area contributed by atoms with Crippen LogP contribution in [-0.4, -0.2) is 91.4 Å². The average Bonchev–Trinajstić information content (AvgIpc) is 3.46. The molecule has 4 unspecified atom stereocenters. The van der Waals surface area contributed by atoms with Crippen LogP contribution >= 0.6 is 0 Å². The van der Waals surface area contributed by atoms with E-state index in [0.717, 1.165) is 4.90 Å². The van der Waals surface area contributed by atoms with E-state index in [1.807, 2.05) is 0 Å². The first-order valence-electron chi connectivity index (χ1n) is 10.9. The molecule has 2 rings (SSSR count). The van der Waals surface area contributed by atoms with Crippen molar-refractivity contribution in [2.24, 2.45) is 11.5 Å². The van der Waals surface area contributed by atoms with Crippen LogP contribution in [0.2, 0.25) is 0 Å². The van der Waals surface area contributed by atoms with Crippen LogP contribution in [0.3, 0.4) is 0 Å². The molecular weight excluding hydrogens is 466 g/mol. The minimum Gasteiger partial charge on any atom is -0.481 e. The Morgan fingerprint density at radius 2 is 1.89 bits per heavy atom. The Labute approximate surface area is 199 Å². The maximum Gasteiger partial charge on any atom is 0.326 e. The van der Waals surface area contributed by atoms with Gasteiger partial charge in [0.05, 0.1) is 18.8 Å². The zero-order valence-corrected chi connectivity index (χ0v) is 18.8. The van der Waals surface area contributed by atoms with Gasteiger partial charge in [0, 0.05) is 31.3 Å². The number of carbonyl (C=O) groups is 6. The molecule has 0 saturated carbocycles. The molecule has 9 N–H and O–H groups in total. The zero-order valence-electron chi connectivity index (χ0n) is 18.8. The molecule has 15 nitrogen and oxygen atoms in total. The Balaban J connectivity index is 2.09. The fraction of sp³-hybridized carbons (Fsp3) is 0.550. The van der Waals surface area contributed by atoms with Crippen molar-refractivity contribution in [1.29, 1.82) is 0 Å². The fourth-order valence-electron chi connectivity index (χ4n) is 3.69. The summed E-state index contributed by atoms with van der Waals surface area (Å²) in [6.07, 6.45) is 2.28. The van der Waals surface area contributed by atoms with Crippen LogP contribution in [0.1, 0.15) is 37.8 Å². The van der Waals surface area contributed by atoms with E-state index in [4.69, 9.17) is 11.5 Å². The predicted molar refractivity (Wildman–Crippen MR) is 117 cm³/mol. The van der Waals surface area contributed by atoms with Crippen molar-refractivity contribution in [3.8, 4) is 0 Å². The lowest BCUT2D eigenvalue weighted by molar-refractivity contribution is -0.147. The standard InChI is InChI=1S/C20H29N7O8/c21-11(6-10-8-23-9-24-10)17(31)26-13(7-16(29)30)19(33)27-5-1-2-14(27)18(32)25-12(20(34)35)3-4-15(22)28/h8-9,11-14H,1-7,21H2,(H2,22,28)(H,23,24)(H,25,32)(H,26,31)(H,29,30)(H,34,35). The number of nitrogens with one attached hydrogen (secondary N) is 3. The number of hydrogen-bond donors (Lipinski definition) is 7. The third-order valence-electron chi connectivity index (χ3n) is 5.46. The highest BCUT2D eigenvalue weighted by molar-refractivity contribution is 5.96. The van der Waals surface area contributed by atoms with Crippen LogP contribution in [0.15, 0.2) is 12.5 Å². The first-order chi connectivity index (χ1) is 16.5. The van der Waals surface area contributed by atoms with Gasteiger partial charge in [0.1, 0.15) is 18.1 Å². The lowest BCUT2D eigenvalue weighted by Crippen LogP contribution is -2.57. The van der Waals surface area contributed by atoms with Crippen molar-refractivity contribution < 1.29 is 39.0 Å². The Hall–Kier alpha value is -4.01. The van der Waals surface area contributed by atoms with E-state index in [1.165, 1.54) is 12.5 Å². The molecule has 192 valence electrons. The van der Waals surface area contributed by atoms with Crippen molar-refractivity contribution in [2.75, 3.05) is 6.54 Å². The van der Waals surface area contributed by atoms with Crippen molar-refractivity contribution in [1.82, 2.24) is 25.5 Å². The van der Waals surface area contributed by atoms with Gasteiger partial charge in [0.2, 0.25) is 23.6 Å². The van der Waals surface area contributed by atoms with Crippen LogP contribution < -0.4 is 22.1 Å². The van der Waals surface area contributed by atoms with Crippen LogP contribution in [-0.2, 0) is 35.2 Å². The van der Waals surface area contributed by atoms with Crippen molar-refractivity contribution in [3.63, 3.8) is 0 Å². The molecule has 0 spiro atoms. The molecule has 1 saturated heterocycles. The number of aromatic amines is 1. The number of aromatic nitrogens is 2. The number of nitrogens with zero attached hydrogens (tertiary/aromatic N) is 2. The first-order valence-corrected chi connectivity index (χ1v) is 10.9. The molecule has 1 aromatic rings. The van der Waals surface area contributed by atoms with E-state index in [1.54, 1.807) is 0 Å². The maximum atomic E-state index is 13.1. The Morgan fingerprint density at radius 1 is 1.17 bits per heavy atom. The fourth-order valence-corrected chi connectivity index (χ4v) is 3.69. The Bertz CT molecular complexity index is 951. The molecule has 0 aromatic carbocycles. The number of nitrogens with two attached hydrogens (primary N) is 2. The molecule has 1 aliphatic heterocycles. The number of imidazole rings is 1. The Kier molecular flexibility index (Phi) is 9.69. The summed E-state index contributed by atoms with van der Waals surface area (Å²) in [5.41, 5.74) is 11.5. The first kappa shape index (κ1) is 27.2. The molecule has 0 bridgehead atoms. The molecule has 0 aliphatic carbocycles. The van der Waals surface area contributed by atoms with E-state index >= 15 is 0 Å². The maximum absolute atomic E-state index is 13.1. The summed E-state index contributed by atoms with van der Waals surface area (Å²) in [7, 11) is 0. The summed E-state index contributed by atoms with van der Waals surface area (Å²) in [6.45, 7) is 0.0993. The van der Waals surface area contributed by atoms with Crippen LogP contribution in [0.4, 0.5) is 0 Å². The second-order valence-corrected chi connectivity index (χ2v) is 8.14. The zero-order chi connectivity index (χ0) is 26.1. The molecule has 1 fully saturated rings. The minimum atomic E-state index is -1.49. The molecular formula is C20H29N7O8. The predicted octanol–water partition coefficient (Wildman–Crippen LogP) is -2.94. The van der Waals surface area contributed by atoms with E-state index in [2.05, 4.69) is 20.6 Å². The summed E-state index contributed by atoms with van der Waals surface area (Å²) < 4.78 is 0. The smallest absolute Gasteiger partial charge is 0.326 e. The number of primary amides is 1. The number of rotatable bonds is 13. The normalized spacial score (nSPS) is 17.7. The summed E-state index contributed by atoms with van der Waals surface area (Å²) >= 11 is 0. The number of carboxylic acid groups (broad SMARTS) is 2. The summed E-state index contributed by atoms with van der Waals surface area (Å²) in [5, 5.41) is 23.2. The molecule has 4 amide bonds. The number of amides is 4. The van der Waals surface area contributed by atoms with Crippen molar-refractivity contribution in [2.45, 2.75) is 62.7 Å². The van der Waals surface area contributed by atoms with E-state index in [9.17, 15) is 39.0 Å². The van der Waals surface area contributed by atoms with E-state index < -0.39 is 66.2 Å². The van der Waals surface area contributed by atoms with Gasteiger partial charge in [0.15, 0.2) is 0 Å². The number of likely N-dealkylation sites (tertiary alicyclic amines) is 1. The lowest BCUT2D eigenvalue weighted by atomic mass is 10.1. The number of aliphatic carboxylic acids is 2. The van der Waals surface area contributed by atoms with Gasteiger partial charge in [-0.2, -0.15) is 0 Å². The van der Waals surface area contributed by atoms with Gasteiger partial charge in [-0.1, -0.05) is 0 Å². The van der Waals surface area contributed by atoms with E-state index in [-0.39, 0.29) is 32.2 Å². The third kappa shape index (κ3) is 8.06. The van der Waals surface area contributed by atoms with Crippen molar-refractivity contribution in [3.05, 3.63) is 18.2 Å². The Morgan fingerprint density at radius 3 is 2.46 bits per heavy atom. The highest BCUT2D eigenvalue weighted by Crippen LogP contribution is 2.20. The van der Waals surface area contributed by atoms with Gasteiger partial charge in [-0.25, -0.2) is 9.78 Å². The second-order valence-electron chi connectivity index (χ2n) is 8.14. The average molecular weight is 495 g/mol. The molecule has 35 heavy (non-hydrogen) atoms. The largest absolute Gasteiger partial charge is 0.481 e. The van der Waals surface area contributed by atoms with Crippen LogP contribution in [0.25, 0.3) is 0 Å². The number of carboxylic acids is 2. The van der Waals surface area contributed by atoms with E-state index in [0.29, 0.717) is 12.1 Å². The molecule has 2 heterocycles. The van der Waals surface area contributed by atoms with Crippen LogP contribution in [0, 0.1) is 0 Å². The quantitative estimate of drug-likeness (QED) is 0.147. The monoisotopic (exact) mass is 495 g/mol. The topological polar surface area (TPSA) is 251 Å². The van der Waals surface area contributed by atoms with Gasteiger partial charge in [0.25, 0.3) is 0 Å². The molecule has 0 radical (unpaired) electrons. The third-order valence-corrected chi connectivity index (χ3v) is 5.46. The van der Waals surface area contributed by atoms with Gasteiger partial charge < -0.3 is 42.2 Å². The van der Waals surface area contributed by atoms with Gasteiger partial charge in [-0.3, -0.25) is 24.0 Å². The summed E-state index contributed by atoms with van der Waals surface area (Å²) in [6, 6.07) is -5.07. The lowest BCUT2D eigenvalue weighted by Gasteiger charge is -2.29. The molecule has 15 heteroatoms. The number of H-pyrrole nitrogens is 1. The molecule has 4 atom stereocenters. The van der Waals surface area contributed by atoms with Gasteiger partial charge in [-0.15, -0.1) is 0 Å². The summed E-state index contributed by atoms with van der Waals surface area (Å²) in [5.74, 6) is -5.82. The highest BCUT2D eigenvalue weighted by Gasteiger charge is 2.39. The van der Waals surface area contributed by atoms with Gasteiger partial charge in [-0.05, 0) is 19.3 Å². The minimum absolute atomic E-state index is 0.0659. The second kappa shape index (κ2) is 12.5. The SMILES string of the molecule is NC(=O)CCC(NC(=O)C1CCCN1C(=O)C(CC(=O)O)NC(=O)C(N)Cc1cnc[nH]1)C(=O)O. The number of hydrogen-bond acceptors (Lipinski definition) is 8. The number of carbonyl (C=O) groups excluding carboxylic acids is 4. The molecule has 1 aliphatic rings. The highest BCUT2D eigenvalue weighted by atomic mass is 16.4. The van der Waals surface area contributed by atoms with Crippen LogP contribution in [0.5, 0.6) is 0 Å². The van der Waals surface area contributed by atoms with Gasteiger partial charge >= 0.3 is 11.9 Å². The molecule has 1 aromatic heterocycles. The summed E-state index contributed by atoms with van der Waals surface area (Å²) in [4.78, 5) is 79.9. The van der Waals surface area contributed by atoms with Crippen molar-refractivity contribution >= 4 is 35.6 Å².